The van der Waals surface area contributed by atoms with E-state index in [1.807, 2.05) is 4.90 Å². The van der Waals surface area contributed by atoms with Crippen molar-refractivity contribution in [3.8, 4) is 0 Å². The first kappa shape index (κ1) is 16.9. The Hall–Kier alpha value is -2.51. The minimum atomic E-state index is -0.990. The van der Waals surface area contributed by atoms with Crippen LogP contribution in [0.4, 0.5) is 0 Å². The Morgan fingerprint density at radius 3 is 2.46 bits per heavy atom. The third kappa shape index (κ3) is 3.04. The van der Waals surface area contributed by atoms with E-state index in [4.69, 9.17) is 0 Å². The maximum atomic E-state index is 12.8. The van der Waals surface area contributed by atoms with Crippen molar-refractivity contribution in [1.82, 2.24) is 19.8 Å². The lowest BCUT2D eigenvalue weighted by atomic mass is 9.76. The zero-order valence-corrected chi connectivity index (χ0v) is 14.5. The predicted molar refractivity (Wildman–Crippen MR) is 90.1 cm³/mol. The van der Waals surface area contributed by atoms with Crippen molar-refractivity contribution in [1.29, 1.82) is 0 Å². The third-order valence-corrected chi connectivity index (χ3v) is 5.90. The predicted octanol–water partition coefficient (Wildman–Crippen LogP) is 0.794. The molecule has 2 aliphatic heterocycles. The molecule has 1 saturated carbocycles. The van der Waals surface area contributed by atoms with E-state index < -0.39 is 12.0 Å². The molecular formula is C18H22N4O4. The van der Waals surface area contributed by atoms with E-state index in [9.17, 15) is 19.5 Å². The van der Waals surface area contributed by atoms with Gasteiger partial charge in [-0.3, -0.25) is 14.6 Å². The number of aliphatic carboxylic acids is 1. The molecule has 3 fully saturated rings. The molecule has 8 nitrogen and oxygen atoms in total. The fourth-order valence-electron chi connectivity index (χ4n) is 4.20. The quantitative estimate of drug-likeness (QED) is 0.857. The topological polar surface area (TPSA) is 104 Å². The van der Waals surface area contributed by atoms with E-state index in [1.165, 1.54) is 23.5 Å². The summed E-state index contributed by atoms with van der Waals surface area (Å²) < 4.78 is 0. The van der Waals surface area contributed by atoms with Gasteiger partial charge < -0.3 is 14.9 Å². The van der Waals surface area contributed by atoms with E-state index in [1.54, 1.807) is 0 Å². The molecule has 3 heterocycles. The van der Waals surface area contributed by atoms with Gasteiger partial charge in [0.1, 0.15) is 11.7 Å². The standard InChI is InChI=1S/C18H22N4O4/c23-15(12-1-2-12)21-7-3-18(4-8-21)9-14(17(25)26)22(11-18)16(24)13-10-19-5-6-20-13/h5-6,10,12,14H,1-4,7-9,11H2,(H,25,26)/t14-/m0/s1. The Balaban J connectivity index is 1.48. The molecule has 1 aliphatic carbocycles. The fraction of sp³-hybridized carbons (Fsp3) is 0.611. The minimum absolute atomic E-state index is 0.164. The van der Waals surface area contributed by atoms with Crippen LogP contribution in [0.5, 0.6) is 0 Å². The number of hydrogen-bond acceptors (Lipinski definition) is 5. The average molecular weight is 358 g/mol. The number of aromatic nitrogens is 2. The van der Waals surface area contributed by atoms with Crippen molar-refractivity contribution in [2.75, 3.05) is 19.6 Å². The molecule has 0 bridgehead atoms. The molecule has 1 aromatic heterocycles. The van der Waals surface area contributed by atoms with Crippen molar-refractivity contribution in [3.63, 3.8) is 0 Å². The smallest absolute Gasteiger partial charge is 0.326 e. The number of likely N-dealkylation sites (tertiary alicyclic amines) is 2. The second-order valence-electron chi connectivity index (χ2n) is 7.68. The van der Waals surface area contributed by atoms with Gasteiger partial charge in [-0.05, 0) is 37.5 Å². The van der Waals surface area contributed by atoms with Crippen LogP contribution in [0.3, 0.4) is 0 Å². The number of amides is 2. The molecule has 2 amide bonds. The average Bonchev–Trinajstić information content (AvgIpc) is 3.44. The lowest BCUT2D eigenvalue weighted by molar-refractivity contribution is -0.141. The first-order valence-corrected chi connectivity index (χ1v) is 9.08. The first-order valence-electron chi connectivity index (χ1n) is 9.08. The van der Waals surface area contributed by atoms with Crippen LogP contribution in [0.1, 0.15) is 42.6 Å². The molecule has 1 aromatic rings. The second-order valence-corrected chi connectivity index (χ2v) is 7.68. The lowest BCUT2D eigenvalue weighted by Gasteiger charge is -2.39. The van der Waals surface area contributed by atoms with E-state index >= 15 is 0 Å². The number of piperidine rings is 1. The summed E-state index contributed by atoms with van der Waals surface area (Å²) in [6.45, 7) is 1.69. The summed E-state index contributed by atoms with van der Waals surface area (Å²) in [5, 5.41) is 9.62. The van der Waals surface area contributed by atoms with Gasteiger partial charge in [0.25, 0.3) is 5.91 Å². The van der Waals surface area contributed by atoms with Crippen LogP contribution >= 0.6 is 0 Å². The molecular weight excluding hydrogens is 336 g/mol. The monoisotopic (exact) mass is 358 g/mol. The van der Waals surface area contributed by atoms with Gasteiger partial charge >= 0.3 is 5.97 Å². The Morgan fingerprint density at radius 1 is 1.15 bits per heavy atom. The van der Waals surface area contributed by atoms with Crippen LogP contribution in [-0.4, -0.2) is 68.3 Å². The van der Waals surface area contributed by atoms with E-state index in [-0.39, 0.29) is 28.8 Å². The van der Waals surface area contributed by atoms with Gasteiger partial charge in [-0.25, -0.2) is 9.78 Å². The van der Waals surface area contributed by atoms with Gasteiger partial charge in [-0.2, -0.15) is 0 Å². The SMILES string of the molecule is O=C(O)[C@@H]1CC2(CCN(C(=O)C3CC3)CC2)CN1C(=O)c1cnccn1. The third-order valence-electron chi connectivity index (χ3n) is 5.90. The van der Waals surface area contributed by atoms with Crippen LogP contribution in [0.2, 0.25) is 0 Å². The highest BCUT2D eigenvalue weighted by molar-refractivity contribution is 5.95. The molecule has 1 atom stereocenters. The van der Waals surface area contributed by atoms with Crippen molar-refractivity contribution in [2.45, 2.75) is 38.1 Å². The first-order chi connectivity index (χ1) is 12.5. The molecule has 2 saturated heterocycles. The van der Waals surface area contributed by atoms with Gasteiger partial charge in [-0.1, -0.05) is 0 Å². The van der Waals surface area contributed by atoms with Crippen LogP contribution in [0, 0.1) is 11.3 Å². The molecule has 138 valence electrons. The highest BCUT2D eigenvalue weighted by Gasteiger charge is 2.51. The summed E-state index contributed by atoms with van der Waals surface area (Å²) in [5.74, 6) is -0.941. The van der Waals surface area contributed by atoms with Crippen LogP contribution in [0.15, 0.2) is 18.6 Å². The highest BCUT2D eigenvalue weighted by Crippen LogP contribution is 2.44. The lowest BCUT2D eigenvalue weighted by Crippen LogP contribution is -2.45. The van der Waals surface area contributed by atoms with Gasteiger partial charge in [0.15, 0.2) is 0 Å². The number of carbonyl (C=O) groups excluding carboxylic acids is 2. The summed E-state index contributed by atoms with van der Waals surface area (Å²) in [4.78, 5) is 48.0. The fourth-order valence-corrected chi connectivity index (χ4v) is 4.20. The molecule has 1 spiro atoms. The normalized spacial score (nSPS) is 24.7. The summed E-state index contributed by atoms with van der Waals surface area (Å²) >= 11 is 0. The maximum Gasteiger partial charge on any atom is 0.326 e. The number of rotatable bonds is 3. The summed E-state index contributed by atoms with van der Waals surface area (Å²) in [5.41, 5.74) is -0.0708. The summed E-state index contributed by atoms with van der Waals surface area (Å²) in [6.07, 6.45) is 8.15. The zero-order valence-electron chi connectivity index (χ0n) is 14.5. The molecule has 8 heteroatoms. The molecule has 4 rings (SSSR count). The van der Waals surface area contributed by atoms with Gasteiger partial charge in [0, 0.05) is 37.9 Å². The Morgan fingerprint density at radius 2 is 1.88 bits per heavy atom. The Bertz CT molecular complexity index is 726. The van der Waals surface area contributed by atoms with Crippen molar-refractivity contribution < 1.29 is 19.5 Å². The maximum absolute atomic E-state index is 12.8. The number of carboxylic acid groups (broad SMARTS) is 1. The van der Waals surface area contributed by atoms with Crippen molar-refractivity contribution in [3.05, 3.63) is 24.3 Å². The molecule has 0 aromatic carbocycles. The minimum Gasteiger partial charge on any atom is -0.480 e. The van der Waals surface area contributed by atoms with E-state index in [0.29, 0.717) is 26.1 Å². The number of nitrogens with zero attached hydrogens (tertiary/aromatic N) is 4. The largest absolute Gasteiger partial charge is 0.480 e. The van der Waals surface area contributed by atoms with Crippen LogP contribution in [0.25, 0.3) is 0 Å². The molecule has 1 N–H and O–H groups in total. The van der Waals surface area contributed by atoms with Crippen LogP contribution < -0.4 is 0 Å². The van der Waals surface area contributed by atoms with Gasteiger partial charge in [0.05, 0.1) is 6.20 Å². The second kappa shape index (κ2) is 6.34. The molecule has 0 unspecified atom stereocenters. The van der Waals surface area contributed by atoms with E-state index in [2.05, 4.69) is 9.97 Å². The van der Waals surface area contributed by atoms with E-state index in [0.717, 1.165) is 25.7 Å². The highest BCUT2D eigenvalue weighted by atomic mass is 16.4. The number of carboxylic acids is 1. The molecule has 3 aliphatic rings. The zero-order chi connectivity index (χ0) is 18.3. The Kier molecular flexibility index (Phi) is 4.13. The van der Waals surface area contributed by atoms with Gasteiger partial charge in [-0.15, -0.1) is 0 Å². The number of carbonyl (C=O) groups is 3. The van der Waals surface area contributed by atoms with Gasteiger partial charge in [0.2, 0.25) is 5.91 Å². The molecule has 0 radical (unpaired) electrons. The van der Waals surface area contributed by atoms with Crippen molar-refractivity contribution in [2.24, 2.45) is 11.3 Å². The number of hydrogen-bond donors (Lipinski definition) is 1. The summed E-state index contributed by atoms with van der Waals surface area (Å²) in [6, 6.07) is -0.852. The van der Waals surface area contributed by atoms with Crippen molar-refractivity contribution >= 4 is 17.8 Å². The summed E-state index contributed by atoms with van der Waals surface area (Å²) in [7, 11) is 0. The Labute approximate surface area is 151 Å². The molecule has 26 heavy (non-hydrogen) atoms. The van der Waals surface area contributed by atoms with Crippen LogP contribution in [-0.2, 0) is 9.59 Å².